The lowest BCUT2D eigenvalue weighted by Crippen LogP contribution is -2.32. The van der Waals surface area contributed by atoms with Gasteiger partial charge in [-0.15, -0.1) is 10.2 Å². The summed E-state index contributed by atoms with van der Waals surface area (Å²) in [7, 11) is 1.90. The van der Waals surface area contributed by atoms with Gasteiger partial charge < -0.3 is 14.2 Å². The summed E-state index contributed by atoms with van der Waals surface area (Å²) in [5.74, 6) is 0.746. The molecule has 0 bridgehead atoms. The Morgan fingerprint density at radius 3 is 2.56 bits per heavy atom. The van der Waals surface area contributed by atoms with Crippen LogP contribution in [-0.4, -0.2) is 39.0 Å². The maximum atomic E-state index is 14.5. The van der Waals surface area contributed by atoms with Gasteiger partial charge in [-0.2, -0.15) is 13.2 Å². The zero-order valence-electron chi connectivity index (χ0n) is 22.7. The molecule has 4 heterocycles. The summed E-state index contributed by atoms with van der Waals surface area (Å²) in [6.45, 7) is 2.67. The predicted octanol–water partition coefficient (Wildman–Crippen LogP) is 6.57. The third-order valence-corrected chi connectivity index (χ3v) is 9.31. The van der Waals surface area contributed by atoms with Crippen molar-refractivity contribution in [3.05, 3.63) is 89.2 Å². The molecule has 1 aliphatic carbocycles. The van der Waals surface area contributed by atoms with E-state index < -0.39 is 11.7 Å². The van der Waals surface area contributed by atoms with Crippen molar-refractivity contribution in [3.8, 4) is 22.5 Å². The SMILES string of the molecule is Cn1cnnc1-c1ccccc1-c1cccc(N2Cc3c(cc(CN4CCC5(CC5)C4)cc3C(F)(F)F)C3OC32)c1. The van der Waals surface area contributed by atoms with Gasteiger partial charge in [-0.25, -0.2) is 0 Å². The van der Waals surface area contributed by atoms with Gasteiger partial charge in [0.1, 0.15) is 12.4 Å². The van der Waals surface area contributed by atoms with E-state index in [1.165, 1.54) is 18.9 Å². The Balaban J connectivity index is 1.13. The Morgan fingerprint density at radius 2 is 1.83 bits per heavy atom. The second kappa shape index (κ2) is 8.90. The van der Waals surface area contributed by atoms with Gasteiger partial charge in [0.25, 0.3) is 0 Å². The average molecular weight is 558 g/mol. The molecule has 0 N–H and O–H groups in total. The van der Waals surface area contributed by atoms with Gasteiger partial charge in [-0.05, 0) is 77.2 Å². The van der Waals surface area contributed by atoms with Crippen LogP contribution in [0.15, 0.2) is 67.0 Å². The number of halogens is 3. The number of anilines is 1. The van der Waals surface area contributed by atoms with Crippen molar-refractivity contribution in [2.75, 3.05) is 18.0 Å². The molecule has 4 aromatic rings. The molecule has 4 aliphatic rings. The van der Waals surface area contributed by atoms with Crippen LogP contribution < -0.4 is 4.90 Å². The number of hydrogen-bond acceptors (Lipinski definition) is 5. The first kappa shape index (κ1) is 25.1. The first-order valence-electron chi connectivity index (χ1n) is 14.2. The van der Waals surface area contributed by atoms with Crippen molar-refractivity contribution in [2.45, 2.75) is 50.9 Å². The highest BCUT2D eigenvalue weighted by molar-refractivity contribution is 5.82. The topological polar surface area (TPSA) is 49.7 Å². The Labute approximate surface area is 236 Å². The van der Waals surface area contributed by atoms with Crippen molar-refractivity contribution in [1.82, 2.24) is 19.7 Å². The van der Waals surface area contributed by atoms with Crippen LogP contribution in [0, 0.1) is 5.41 Å². The summed E-state index contributed by atoms with van der Waals surface area (Å²) in [6, 6.07) is 19.2. The van der Waals surface area contributed by atoms with Gasteiger partial charge in [0.05, 0.1) is 5.56 Å². The molecular formula is C32H30F3N5O. The largest absolute Gasteiger partial charge is 0.416 e. The van der Waals surface area contributed by atoms with Gasteiger partial charge in [-0.3, -0.25) is 4.90 Å². The number of alkyl halides is 3. The number of ether oxygens (including phenoxy) is 1. The lowest BCUT2D eigenvalue weighted by Gasteiger charge is -2.31. The van der Waals surface area contributed by atoms with Crippen LogP contribution in [0.2, 0.25) is 0 Å². The van der Waals surface area contributed by atoms with E-state index in [0.717, 1.165) is 53.3 Å². The highest BCUT2D eigenvalue weighted by atomic mass is 19.4. The maximum absolute atomic E-state index is 14.5. The fraction of sp³-hybridized carbons (Fsp3) is 0.375. The van der Waals surface area contributed by atoms with Crippen LogP contribution in [0.1, 0.15) is 47.6 Å². The first-order valence-corrected chi connectivity index (χ1v) is 14.2. The minimum atomic E-state index is -4.44. The molecule has 2 saturated heterocycles. The van der Waals surface area contributed by atoms with Crippen molar-refractivity contribution in [3.63, 3.8) is 0 Å². The monoisotopic (exact) mass is 557 g/mol. The fourth-order valence-corrected chi connectivity index (χ4v) is 6.91. The number of aromatic nitrogens is 3. The number of fused-ring (bicyclic) bond motifs is 3. The van der Waals surface area contributed by atoms with E-state index >= 15 is 0 Å². The minimum Gasteiger partial charge on any atom is -0.343 e. The third-order valence-electron chi connectivity index (χ3n) is 9.31. The maximum Gasteiger partial charge on any atom is 0.416 e. The number of nitrogens with zero attached hydrogens (tertiary/aromatic N) is 5. The van der Waals surface area contributed by atoms with Crippen LogP contribution in [0.3, 0.4) is 0 Å². The van der Waals surface area contributed by atoms with E-state index in [2.05, 4.69) is 15.1 Å². The molecule has 3 fully saturated rings. The summed E-state index contributed by atoms with van der Waals surface area (Å²) in [5, 5.41) is 8.31. The number of epoxide rings is 1. The highest BCUT2D eigenvalue weighted by Gasteiger charge is 2.52. The van der Waals surface area contributed by atoms with Gasteiger partial charge in [0.15, 0.2) is 12.1 Å². The Bertz CT molecular complexity index is 1660. The quantitative estimate of drug-likeness (QED) is 0.260. The minimum absolute atomic E-state index is 0.146. The van der Waals surface area contributed by atoms with E-state index in [1.807, 2.05) is 71.1 Å². The molecule has 6 nitrogen and oxygen atoms in total. The number of aryl methyl sites for hydroxylation is 1. The van der Waals surface area contributed by atoms with Crippen LogP contribution in [0.25, 0.3) is 22.5 Å². The van der Waals surface area contributed by atoms with Gasteiger partial charge >= 0.3 is 6.18 Å². The molecule has 8 rings (SSSR count). The Hall–Kier alpha value is -3.69. The van der Waals surface area contributed by atoms with Gasteiger partial charge in [0, 0.05) is 37.9 Å². The molecule has 1 spiro atoms. The van der Waals surface area contributed by atoms with E-state index in [4.69, 9.17) is 4.74 Å². The van der Waals surface area contributed by atoms with E-state index in [1.54, 1.807) is 6.33 Å². The standard InChI is InChI=1S/C32H30F3N5O/c1-38-19-36-37-29(38)24-8-3-2-7-23(24)21-5-4-6-22(15-21)40-17-26-25(28-30(40)41-28)13-20(14-27(26)32(33,34)35)16-39-12-11-31(18-39)9-10-31/h2-8,13-15,19,28,30H,9-12,16-18H2,1H3. The number of benzene rings is 3. The summed E-state index contributed by atoms with van der Waals surface area (Å²) < 4.78 is 51.4. The van der Waals surface area contributed by atoms with Crippen LogP contribution in [0.5, 0.6) is 0 Å². The summed E-state index contributed by atoms with van der Waals surface area (Å²) in [4.78, 5) is 4.29. The van der Waals surface area contributed by atoms with E-state index in [9.17, 15) is 13.2 Å². The summed E-state index contributed by atoms with van der Waals surface area (Å²) >= 11 is 0. The molecule has 1 aromatic heterocycles. The molecule has 2 unspecified atom stereocenters. The zero-order chi connectivity index (χ0) is 27.9. The lowest BCUT2D eigenvalue weighted by molar-refractivity contribution is -0.138. The van der Waals surface area contributed by atoms with Crippen molar-refractivity contribution in [2.24, 2.45) is 12.5 Å². The highest BCUT2D eigenvalue weighted by Crippen LogP contribution is 2.54. The second-order valence-corrected chi connectivity index (χ2v) is 12.1. The first-order chi connectivity index (χ1) is 19.8. The molecule has 1 saturated carbocycles. The number of hydrogen-bond donors (Lipinski definition) is 0. The van der Waals surface area contributed by atoms with Gasteiger partial charge in [-0.1, -0.05) is 42.5 Å². The number of likely N-dealkylation sites (tertiary alicyclic amines) is 1. The van der Waals surface area contributed by atoms with E-state index in [0.29, 0.717) is 23.1 Å². The normalized spacial score (nSPS) is 22.6. The molecule has 0 radical (unpaired) electrons. The molecule has 0 amide bonds. The molecule has 3 aromatic carbocycles. The average Bonchev–Trinajstić information content (AvgIpc) is 3.84. The number of rotatable bonds is 5. The fourth-order valence-electron chi connectivity index (χ4n) is 6.91. The zero-order valence-corrected chi connectivity index (χ0v) is 22.7. The smallest absolute Gasteiger partial charge is 0.343 e. The van der Waals surface area contributed by atoms with Crippen LogP contribution in [0.4, 0.5) is 18.9 Å². The molecule has 210 valence electrons. The lowest BCUT2D eigenvalue weighted by atomic mass is 9.91. The van der Waals surface area contributed by atoms with Crippen molar-refractivity contribution in [1.29, 1.82) is 0 Å². The van der Waals surface area contributed by atoms with Gasteiger partial charge in [0.2, 0.25) is 0 Å². The molecule has 3 aliphatic heterocycles. The molecule has 9 heteroatoms. The summed E-state index contributed by atoms with van der Waals surface area (Å²) in [6.07, 6.45) is 0.259. The van der Waals surface area contributed by atoms with E-state index in [-0.39, 0.29) is 18.9 Å². The molecule has 41 heavy (non-hydrogen) atoms. The third kappa shape index (κ3) is 4.33. The van der Waals surface area contributed by atoms with Crippen molar-refractivity contribution < 1.29 is 17.9 Å². The van der Waals surface area contributed by atoms with Crippen LogP contribution in [-0.2, 0) is 31.1 Å². The second-order valence-electron chi connectivity index (χ2n) is 12.1. The van der Waals surface area contributed by atoms with Crippen molar-refractivity contribution >= 4 is 5.69 Å². The predicted molar refractivity (Wildman–Crippen MR) is 149 cm³/mol. The summed E-state index contributed by atoms with van der Waals surface area (Å²) in [5.41, 5.74) is 5.36. The molecular weight excluding hydrogens is 527 g/mol. The molecule has 2 atom stereocenters. The Kier molecular flexibility index (Phi) is 5.44. The Morgan fingerprint density at radius 1 is 1.00 bits per heavy atom. The van der Waals surface area contributed by atoms with Crippen LogP contribution >= 0.6 is 0 Å².